The van der Waals surface area contributed by atoms with Gasteiger partial charge in [-0.05, 0) is 40.4 Å². The third-order valence-electron chi connectivity index (χ3n) is 3.16. The molecule has 4 heteroatoms. The Hall–Kier alpha value is -0.160. The molecule has 0 aromatic carbocycles. The summed E-state index contributed by atoms with van der Waals surface area (Å²) >= 11 is 0. The minimum absolute atomic E-state index is 0.0517. The molecule has 1 aliphatic rings. The van der Waals surface area contributed by atoms with Crippen molar-refractivity contribution in [1.29, 1.82) is 0 Å². The zero-order chi connectivity index (χ0) is 11.5. The lowest BCUT2D eigenvalue weighted by Gasteiger charge is -2.39. The van der Waals surface area contributed by atoms with Crippen molar-refractivity contribution in [2.45, 2.75) is 31.3 Å². The first-order valence-corrected chi connectivity index (χ1v) is 5.73. The standard InChI is InChI=1S/C11H25N3O/c1-11(12,9-15)8-14-6-4-5-10(7-14)13(2)3/h10,15H,4-9,12H2,1-3H3. The molecule has 1 heterocycles. The predicted octanol–water partition coefficient (Wildman–Crippen LogP) is -0.278. The highest BCUT2D eigenvalue weighted by Gasteiger charge is 2.26. The van der Waals surface area contributed by atoms with Gasteiger partial charge in [-0.3, -0.25) is 4.90 Å². The van der Waals surface area contributed by atoms with Gasteiger partial charge in [-0.15, -0.1) is 0 Å². The Morgan fingerprint density at radius 1 is 1.53 bits per heavy atom. The maximum atomic E-state index is 9.14. The van der Waals surface area contributed by atoms with Gasteiger partial charge >= 0.3 is 0 Å². The largest absolute Gasteiger partial charge is 0.394 e. The summed E-state index contributed by atoms with van der Waals surface area (Å²) < 4.78 is 0. The van der Waals surface area contributed by atoms with Crippen LogP contribution in [-0.2, 0) is 0 Å². The van der Waals surface area contributed by atoms with Crippen LogP contribution >= 0.6 is 0 Å². The molecule has 2 unspecified atom stereocenters. The number of hydrogen-bond acceptors (Lipinski definition) is 4. The Kier molecular flexibility index (Phi) is 4.52. The van der Waals surface area contributed by atoms with E-state index in [-0.39, 0.29) is 6.61 Å². The van der Waals surface area contributed by atoms with Gasteiger partial charge < -0.3 is 15.7 Å². The molecule has 1 fully saturated rings. The van der Waals surface area contributed by atoms with Crippen LogP contribution in [0.3, 0.4) is 0 Å². The van der Waals surface area contributed by atoms with Crippen LogP contribution in [0.25, 0.3) is 0 Å². The molecule has 15 heavy (non-hydrogen) atoms. The van der Waals surface area contributed by atoms with E-state index in [1.54, 1.807) is 0 Å². The Morgan fingerprint density at radius 2 is 2.20 bits per heavy atom. The lowest BCUT2D eigenvalue weighted by molar-refractivity contribution is 0.0933. The van der Waals surface area contributed by atoms with E-state index in [0.29, 0.717) is 6.04 Å². The zero-order valence-electron chi connectivity index (χ0n) is 10.2. The van der Waals surface area contributed by atoms with E-state index < -0.39 is 5.54 Å². The molecule has 1 rings (SSSR count). The molecule has 0 amide bonds. The highest BCUT2D eigenvalue weighted by molar-refractivity contribution is 4.86. The van der Waals surface area contributed by atoms with E-state index in [2.05, 4.69) is 23.9 Å². The number of rotatable bonds is 4. The van der Waals surface area contributed by atoms with Gasteiger partial charge in [-0.2, -0.15) is 0 Å². The number of nitrogens with zero attached hydrogens (tertiary/aromatic N) is 2. The third kappa shape index (κ3) is 4.07. The normalized spacial score (nSPS) is 28.0. The molecule has 1 saturated heterocycles. The van der Waals surface area contributed by atoms with Crippen molar-refractivity contribution in [3.63, 3.8) is 0 Å². The van der Waals surface area contributed by atoms with Crippen LogP contribution in [-0.4, -0.2) is 66.8 Å². The summed E-state index contributed by atoms with van der Waals surface area (Å²) in [5.41, 5.74) is 5.50. The molecule has 1 aliphatic heterocycles. The fraction of sp³-hybridized carbons (Fsp3) is 1.00. The smallest absolute Gasteiger partial charge is 0.0621 e. The van der Waals surface area contributed by atoms with E-state index in [0.717, 1.165) is 19.6 Å². The van der Waals surface area contributed by atoms with Crippen LogP contribution in [0, 0.1) is 0 Å². The molecule has 0 radical (unpaired) electrons. The Labute approximate surface area is 93.0 Å². The van der Waals surface area contributed by atoms with E-state index in [4.69, 9.17) is 10.8 Å². The molecule has 0 bridgehead atoms. The summed E-state index contributed by atoms with van der Waals surface area (Å²) in [6.45, 7) is 4.92. The second-order valence-corrected chi connectivity index (χ2v) is 5.31. The van der Waals surface area contributed by atoms with Crippen molar-refractivity contribution >= 4 is 0 Å². The van der Waals surface area contributed by atoms with Gasteiger partial charge in [0.2, 0.25) is 0 Å². The SMILES string of the molecule is CN(C)C1CCCN(CC(C)(N)CO)C1. The summed E-state index contributed by atoms with van der Waals surface area (Å²) in [7, 11) is 4.25. The van der Waals surface area contributed by atoms with Gasteiger partial charge in [0, 0.05) is 24.7 Å². The van der Waals surface area contributed by atoms with Crippen LogP contribution in [0.2, 0.25) is 0 Å². The lowest BCUT2D eigenvalue weighted by atomic mass is 10.00. The summed E-state index contributed by atoms with van der Waals surface area (Å²) in [4.78, 5) is 4.64. The molecule has 3 N–H and O–H groups in total. The quantitative estimate of drug-likeness (QED) is 0.677. The monoisotopic (exact) mass is 215 g/mol. The predicted molar refractivity (Wildman–Crippen MR) is 62.8 cm³/mol. The molecule has 0 spiro atoms. The van der Waals surface area contributed by atoms with Crippen LogP contribution in [0.5, 0.6) is 0 Å². The molecule has 2 atom stereocenters. The van der Waals surface area contributed by atoms with Crippen molar-refractivity contribution in [3.8, 4) is 0 Å². The average molecular weight is 215 g/mol. The van der Waals surface area contributed by atoms with Crippen molar-refractivity contribution in [1.82, 2.24) is 9.80 Å². The minimum Gasteiger partial charge on any atom is -0.394 e. The van der Waals surface area contributed by atoms with Crippen LogP contribution < -0.4 is 5.73 Å². The molecule has 0 aromatic rings. The number of aliphatic hydroxyl groups excluding tert-OH is 1. The van der Waals surface area contributed by atoms with Gasteiger partial charge in [0.25, 0.3) is 0 Å². The molecular weight excluding hydrogens is 190 g/mol. The van der Waals surface area contributed by atoms with E-state index in [1.165, 1.54) is 12.8 Å². The van der Waals surface area contributed by atoms with E-state index >= 15 is 0 Å². The second-order valence-electron chi connectivity index (χ2n) is 5.31. The first kappa shape index (κ1) is 12.9. The number of likely N-dealkylation sites (N-methyl/N-ethyl adjacent to an activating group) is 1. The van der Waals surface area contributed by atoms with Gasteiger partial charge in [-0.25, -0.2) is 0 Å². The number of piperidine rings is 1. The summed E-state index contributed by atoms with van der Waals surface area (Å²) in [6, 6.07) is 0.633. The molecule has 0 aliphatic carbocycles. The molecule has 4 nitrogen and oxygen atoms in total. The number of nitrogens with two attached hydrogens (primary N) is 1. The van der Waals surface area contributed by atoms with Gasteiger partial charge in [-0.1, -0.05) is 0 Å². The highest BCUT2D eigenvalue weighted by Crippen LogP contribution is 2.15. The maximum absolute atomic E-state index is 9.14. The maximum Gasteiger partial charge on any atom is 0.0621 e. The summed E-state index contributed by atoms with van der Waals surface area (Å²) in [5, 5.41) is 9.14. The summed E-state index contributed by atoms with van der Waals surface area (Å²) in [6.07, 6.45) is 2.49. The van der Waals surface area contributed by atoms with Crippen molar-refractivity contribution in [2.24, 2.45) is 5.73 Å². The molecular formula is C11H25N3O. The average Bonchev–Trinajstić information content (AvgIpc) is 2.17. The zero-order valence-corrected chi connectivity index (χ0v) is 10.2. The van der Waals surface area contributed by atoms with Crippen LogP contribution in [0.1, 0.15) is 19.8 Å². The number of likely N-dealkylation sites (tertiary alicyclic amines) is 1. The molecule has 0 aromatic heterocycles. The van der Waals surface area contributed by atoms with Gasteiger partial charge in [0.1, 0.15) is 0 Å². The lowest BCUT2D eigenvalue weighted by Crippen LogP contribution is -2.55. The topological polar surface area (TPSA) is 52.7 Å². The van der Waals surface area contributed by atoms with E-state index in [9.17, 15) is 0 Å². The third-order valence-corrected chi connectivity index (χ3v) is 3.16. The first-order chi connectivity index (χ1) is 6.94. The van der Waals surface area contributed by atoms with Crippen molar-refractivity contribution < 1.29 is 5.11 Å². The number of aliphatic hydroxyl groups is 1. The van der Waals surface area contributed by atoms with Crippen molar-refractivity contribution in [2.75, 3.05) is 40.3 Å². The van der Waals surface area contributed by atoms with Gasteiger partial charge in [0.15, 0.2) is 0 Å². The second kappa shape index (κ2) is 5.25. The van der Waals surface area contributed by atoms with Crippen LogP contribution in [0.4, 0.5) is 0 Å². The fourth-order valence-electron chi connectivity index (χ4n) is 2.16. The highest BCUT2D eigenvalue weighted by atomic mass is 16.3. The van der Waals surface area contributed by atoms with Gasteiger partial charge in [0.05, 0.1) is 6.61 Å². The first-order valence-electron chi connectivity index (χ1n) is 5.73. The number of hydrogen-bond donors (Lipinski definition) is 2. The van der Waals surface area contributed by atoms with E-state index in [1.807, 2.05) is 6.92 Å². The Bertz CT molecular complexity index is 194. The van der Waals surface area contributed by atoms with Crippen LogP contribution in [0.15, 0.2) is 0 Å². The minimum atomic E-state index is -0.464. The summed E-state index contributed by atoms with van der Waals surface area (Å²) in [5.74, 6) is 0. The Morgan fingerprint density at radius 3 is 2.73 bits per heavy atom. The molecule has 90 valence electrons. The molecule has 0 saturated carbocycles. The fourth-order valence-corrected chi connectivity index (χ4v) is 2.16. The Balaban J connectivity index is 2.43. The van der Waals surface area contributed by atoms with Crippen molar-refractivity contribution in [3.05, 3.63) is 0 Å².